The van der Waals surface area contributed by atoms with Crippen LogP contribution < -0.4 is 5.32 Å². The third-order valence-corrected chi connectivity index (χ3v) is 2.37. The minimum Gasteiger partial charge on any atom is -0.371 e. The monoisotopic (exact) mass is 237 g/mol. The summed E-state index contributed by atoms with van der Waals surface area (Å²) in [6, 6.07) is 1.94. The van der Waals surface area contributed by atoms with Crippen molar-refractivity contribution in [2.75, 3.05) is 13.2 Å². The first-order chi connectivity index (χ1) is 8.13. The Bertz CT molecular complexity index is 328. The molecule has 0 saturated carbocycles. The van der Waals surface area contributed by atoms with E-state index in [4.69, 9.17) is 4.74 Å². The fourth-order valence-electron chi connectivity index (χ4n) is 1.52. The topological polar surface area (TPSA) is 47.0 Å². The molecule has 0 bridgehead atoms. The lowest BCUT2D eigenvalue weighted by Crippen LogP contribution is -2.20. The molecule has 0 saturated heterocycles. The number of rotatable bonds is 7. The molecule has 0 aliphatic rings. The second kappa shape index (κ2) is 7.35. The molecule has 1 aromatic rings. The maximum Gasteiger partial charge on any atom is 0.157 e. The van der Waals surface area contributed by atoms with Gasteiger partial charge in [-0.1, -0.05) is 13.8 Å². The van der Waals surface area contributed by atoms with Gasteiger partial charge in [-0.2, -0.15) is 0 Å². The van der Waals surface area contributed by atoms with Crippen molar-refractivity contribution >= 4 is 0 Å². The number of aromatic nitrogens is 2. The minimum atomic E-state index is -0.0370. The summed E-state index contributed by atoms with van der Waals surface area (Å²) in [6.45, 7) is 10.8. The van der Waals surface area contributed by atoms with Gasteiger partial charge in [0, 0.05) is 19.3 Å². The van der Waals surface area contributed by atoms with Crippen molar-refractivity contribution in [3.63, 3.8) is 0 Å². The van der Waals surface area contributed by atoms with Gasteiger partial charge in [0.1, 0.15) is 6.10 Å². The molecule has 0 aromatic carbocycles. The van der Waals surface area contributed by atoms with E-state index in [2.05, 4.69) is 29.1 Å². The van der Waals surface area contributed by atoms with Gasteiger partial charge in [-0.05, 0) is 32.4 Å². The van der Waals surface area contributed by atoms with Crippen LogP contribution in [0.25, 0.3) is 0 Å². The van der Waals surface area contributed by atoms with Crippen molar-refractivity contribution in [1.82, 2.24) is 15.3 Å². The molecule has 1 atom stereocenters. The lowest BCUT2D eigenvalue weighted by molar-refractivity contribution is 0.0698. The van der Waals surface area contributed by atoms with Gasteiger partial charge in [-0.3, -0.25) is 0 Å². The van der Waals surface area contributed by atoms with Gasteiger partial charge in [0.25, 0.3) is 0 Å². The Balaban J connectivity index is 2.53. The summed E-state index contributed by atoms with van der Waals surface area (Å²) in [4.78, 5) is 8.73. The summed E-state index contributed by atoms with van der Waals surface area (Å²) >= 11 is 0. The van der Waals surface area contributed by atoms with Crippen LogP contribution in [0.1, 0.15) is 45.3 Å². The number of nitrogens with zero attached hydrogens (tertiary/aromatic N) is 2. The average molecular weight is 237 g/mol. The van der Waals surface area contributed by atoms with Gasteiger partial charge in [0.2, 0.25) is 0 Å². The van der Waals surface area contributed by atoms with Crippen LogP contribution in [0.3, 0.4) is 0 Å². The molecule has 0 spiro atoms. The summed E-state index contributed by atoms with van der Waals surface area (Å²) in [7, 11) is 0. The number of ether oxygens (including phenoxy) is 1. The third-order valence-electron chi connectivity index (χ3n) is 2.37. The molecular formula is C13H23N3O. The fraction of sp³-hybridized carbons (Fsp3) is 0.692. The molecule has 96 valence electrons. The van der Waals surface area contributed by atoms with E-state index in [1.807, 2.05) is 19.9 Å². The van der Waals surface area contributed by atoms with E-state index in [0.29, 0.717) is 12.5 Å². The zero-order valence-corrected chi connectivity index (χ0v) is 11.2. The molecule has 1 unspecified atom stereocenters. The van der Waals surface area contributed by atoms with Crippen molar-refractivity contribution in [3.05, 3.63) is 23.8 Å². The first-order valence-electron chi connectivity index (χ1n) is 6.27. The number of hydrogen-bond acceptors (Lipinski definition) is 4. The number of nitrogens with one attached hydrogen (secondary N) is 1. The Hall–Kier alpha value is -1.00. The molecule has 1 heterocycles. The van der Waals surface area contributed by atoms with Crippen LogP contribution in [0, 0.1) is 5.92 Å². The molecule has 0 amide bonds. The van der Waals surface area contributed by atoms with Crippen molar-refractivity contribution in [2.45, 2.75) is 40.3 Å². The molecule has 4 nitrogen and oxygen atoms in total. The molecular weight excluding hydrogens is 214 g/mol. The Kier molecular flexibility index (Phi) is 6.08. The van der Waals surface area contributed by atoms with Crippen LogP contribution in [0.2, 0.25) is 0 Å². The Labute approximate surface area is 104 Å². The molecule has 1 N–H and O–H groups in total. The van der Waals surface area contributed by atoms with Crippen LogP contribution in [-0.4, -0.2) is 23.1 Å². The smallest absolute Gasteiger partial charge is 0.157 e. The molecule has 0 aliphatic heterocycles. The van der Waals surface area contributed by atoms with Gasteiger partial charge in [-0.25, -0.2) is 9.97 Å². The molecule has 4 heteroatoms. The van der Waals surface area contributed by atoms with E-state index in [1.54, 1.807) is 6.20 Å². The zero-order chi connectivity index (χ0) is 12.7. The minimum absolute atomic E-state index is 0.0370. The van der Waals surface area contributed by atoms with Gasteiger partial charge < -0.3 is 10.1 Å². The van der Waals surface area contributed by atoms with E-state index in [1.165, 1.54) is 0 Å². The van der Waals surface area contributed by atoms with Crippen LogP contribution in [0.15, 0.2) is 12.3 Å². The van der Waals surface area contributed by atoms with E-state index in [9.17, 15) is 0 Å². The summed E-state index contributed by atoms with van der Waals surface area (Å²) in [5, 5.41) is 3.37. The van der Waals surface area contributed by atoms with Crippen molar-refractivity contribution < 1.29 is 4.74 Å². The van der Waals surface area contributed by atoms with Crippen LogP contribution in [0.4, 0.5) is 0 Å². The Morgan fingerprint density at radius 2 is 2.12 bits per heavy atom. The maximum absolute atomic E-state index is 5.48. The molecule has 1 aromatic heterocycles. The van der Waals surface area contributed by atoms with Crippen LogP contribution in [0.5, 0.6) is 0 Å². The molecule has 0 aliphatic carbocycles. The highest BCUT2D eigenvalue weighted by Gasteiger charge is 2.08. The predicted molar refractivity (Wildman–Crippen MR) is 68.6 cm³/mol. The molecule has 17 heavy (non-hydrogen) atoms. The quantitative estimate of drug-likeness (QED) is 0.790. The van der Waals surface area contributed by atoms with Gasteiger partial charge in [0.05, 0.1) is 5.69 Å². The highest BCUT2D eigenvalue weighted by molar-refractivity contribution is 5.03. The predicted octanol–water partition coefficient (Wildman–Crippen LogP) is 2.32. The Morgan fingerprint density at radius 3 is 2.76 bits per heavy atom. The SMILES string of the molecule is CCOC(C)c1nccc(CNCC(C)C)n1. The fourth-order valence-corrected chi connectivity index (χ4v) is 1.52. The summed E-state index contributed by atoms with van der Waals surface area (Å²) in [6.07, 6.45) is 1.76. The van der Waals surface area contributed by atoms with Crippen molar-refractivity contribution in [1.29, 1.82) is 0 Å². The van der Waals surface area contributed by atoms with Crippen LogP contribution >= 0.6 is 0 Å². The standard InChI is InChI=1S/C13H23N3O/c1-5-17-11(4)13-15-7-6-12(16-13)9-14-8-10(2)3/h6-7,10-11,14H,5,8-9H2,1-4H3. The molecule has 0 fully saturated rings. The summed E-state index contributed by atoms with van der Waals surface area (Å²) < 4.78 is 5.48. The third kappa shape index (κ3) is 5.24. The van der Waals surface area contributed by atoms with E-state index in [0.717, 1.165) is 24.6 Å². The molecule has 1 rings (SSSR count). The summed E-state index contributed by atoms with van der Waals surface area (Å²) in [5.41, 5.74) is 1.02. The van der Waals surface area contributed by atoms with Crippen LogP contribution in [-0.2, 0) is 11.3 Å². The average Bonchev–Trinajstić information content (AvgIpc) is 2.29. The Morgan fingerprint density at radius 1 is 1.35 bits per heavy atom. The molecule has 0 radical (unpaired) electrons. The second-order valence-corrected chi connectivity index (χ2v) is 4.53. The van der Waals surface area contributed by atoms with Gasteiger partial charge in [0.15, 0.2) is 5.82 Å². The van der Waals surface area contributed by atoms with E-state index >= 15 is 0 Å². The normalized spacial score (nSPS) is 13.0. The zero-order valence-electron chi connectivity index (χ0n) is 11.2. The van der Waals surface area contributed by atoms with Crippen molar-refractivity contribution in [2.24, 2.45) is 5.92 Å². The first-order valence-corrected chi connectivity index (χ1v) is 6.27. The first kappa shape index (κ1) is 14.1. The highest BCUT2D eigenvalue weighted by atomic mass is 16.5. The number of hydrogen-bond donors (Lipinski definition) is 1. The second-order valence-electron chi connectivity index (χ2n) is 4.53. The maximum atomic E-state index is 5.48. The van der Waals surface area contributed by atoms with Gasteiger partial charge in [-0.15, -0.1) is 0 Å². The van der Waals surface area contributed by atoms with Gasteiger partial charge >= 0.3 is 0 Å². The lowest BCUT2D eigenvalue weighted by Gasteiger charge is -2.11. The van der Waals surface area contributed by atoms with E-state index in [-0.39, 0.29) is 6.10 Å². The van der Waals surface area contributed by atoms with Crippen molar-refractivity contribution in [3.8, 4) is 0 Å². The highest BCUT2D eigenvalue weighted by Crippen LogP contribution is 2.11. The van der Waals surface area contributed by atoms with E-state index < -0.39 is 0 Å². The lowest BCUT2D eigenvalue weighted by atomic mass is 10.2. The largest absolute Gasteiger partial charge is 0.371 e. The summed E-state index contributed by atoms with van der Waals surface area (Å²) in [5.74, 6) is 1.41.